The number of rotatable bonds is 7. The summed E-state index contributed by atoms with van der Waals surface area (Å²) in [5, 5.41) is 7.59. The number of fused-ring (bicyclic) bond motifs is 4. The van der Waals surface area contributed by atoms with Gasteiger partial charge in [-0.1, -0.05) is 212 Å². The van der Waals surface area contributed by atoms with E-state index < -0.39 is 5.41 Å². The third-order valence-electron chi connectivity index (χ3n) is 13.1. The van der Waals surface area contributed by atoms with Crippen molar-refractivity contribution in [2.75, 3.05) is 4.90 Å². The monoisotopic (exact) mass is 787 g/mol. The first kappa shape index (κ1) is 35.9. The van der Waals surface area contributed by atoms with E-state index >= 15 is 0 Å². The van der Waals surface area contributed by atoms with E-state index in [1.54, 1.807) is 0 Å². The van der Waals surface area contributed by atoms with Crippen molar-refractivity contribution in [3.63, 3.8) is 0 Å². The molecule has 1 heteroatoms. The van der Waals surface area contributed by atoms with Gasteiger partial charge in [-0.25, -0.2) is 0 Å². The second kappa shape index (κ2) is 14.6. The Balaban J connectivity index is 1.02. The fraction of sp³-hybridized carbons (Fsp3) is 0.0164. The highest BCUT2D eigenvalue weighted by molar-refractivity contribution is 6.05. The molecule has 0 aliphatic heterocycles. The van der Waals surface area contributed by atoms with Crippen LogP contribution in [0.3, 0.4) is 0 Å². The number of hydrogen-bond donors (Lipinski definition) is 0. The van der Waals surface area contributed by atoms with Crippen LogP contribution < -0.4 is 4.90 Å². The molecule has 0 aromatic heterocycles. The maximum atomic E-state index is 2.39. The summed E-state index contributed by atoms with van der Waals surface area (Å²) in [5.74, 6) is 0. The lowest BCUT2D eigenvalue weighted by molar-refractivity contribution is 0.750. The minimum absolute atomic E-state index is 0.532. The van der Waals surface area contributed by atoms with Crippen molar-refractivity contribution >= 4 is 49.4 Å². The molecule has 1 nitrogen and oxygen atoms in total. The molecule has 0 amide bonds. The zero-order chi connectivity index (χ0) is 41.0. The molecule has 0 spiro atoms. The quantitative estimate of drug-likeness (QED) is 0.155. The molecule has 12 rings (SSSR count). The van der Waals surface area contributed by atoms with Crippen LogP contribution in [0.2, 0.25) is 0 Å². The van der Waals surface area contributed by atoms with Gasteiger partial charge in [-0.15, -0.1) is 0 Å². The summed E-state index contributed by atoms with van der Waals surface area (Å²) >= 11 is 0. The first-order valence-electron chi connectivity index (χ1n) is 21.5. The maximum absolute atomic E-state index is 2.39. The summed E-state index contributed by atoms with van der Waals surface area (Å²) < 4.78 is 0. The SMILES string of the molecule is c1ccc(C2(c3ccc(N(c4ccc(-c5cccc6ccccc56)cc4)c4ccc(-c5cccc6ccccc56)cc4)cc3)c3ccccc3-c3cccc4cccc2c34)cc1. The molecule has 1 aliphatic rings. The Labute approximate surface area is 362 Å². The van der Waals surface area contributed by atoms with Crippen LogP contribution >= 0.6 is 0 Å². The Morgan fingerprint density at radius 1 is 0.258 bits per heavy atom. The minimum Gasteiger partial charge on any atom is -0.311 e. The maximum Gasteiger partial charge on any atom is 0.0713 e. The van der Waals surface area contributed by atoms with E-state index in [2.05, 4.69) is 254 Å². The second-order valence-corrected chi connectivity index (χ2v) is 16.4. The smallest absolute Gasteiger partial charge is 0.0713 e. The predicted octanol–water partition coefficient (Wildman–Crippen LogP) is 16.3. The summed E-state index contributed by atoms with van der Waals surface area (Å²) in [6.07, 6.45) is 0. The molecule has 1 atom stereocenters. The number of benzene rings is 11. The molecule has 290 valence electrons. The summed E-state index contributed by atoms with van der Waals surface area (Å²) in [7, 11) is 0. The van der Waals surface area contributed by atoms with Gasteiger partial charge >= 0.3 is 0 Å². The van der Waals surface area contributed by atoms with Crippen molar-refractivity contribution in [1.29, 1.82) is 0 Å². The van der Waals surface area contributed by atoms with Crippen LogP contribution in [0.15, 0.2) is 249 Å². The van der Waals surface area contributed by atoms with Gasteiger partial charge in [-0.2, -0.15) is 0 Å². The van der Waals surface area contributed by atoms with Gasteiger partial charge in [0.05, 0.1) is 5.41 Å². The van der Waals surface area contributed by atoms with Crippen LogP contribution in [-0.2, 0) is 5.41 Å². The van der Waals surface area contributed by atoms with Crippen molar-refractivity contribution in [3.8, 4) is 33.4 Å². The number of anilines is 3. The Bertz CT molecular complexity index is 3300. The summed E-state index contributed by atoms with van der Waals surface area (Å²) in [6.45, 7) is 0. The highest BCUT2D eigenvalue weighted by Gasteiger charge is 2.44. The Hall–Kier alpha value is -8.00. The fourth-order valence-corrected chi connectivity index (χ4v) is 10.4. The van der Waals surface area contributed by atoms with Crippen LogP contribution in [0.25, 0.3) is 65.7 Å². The molecule has 0 saturated heterocycles. The minimum atomic E-state index is -0.532. The molecule has 11 aromatic rings. The average Bonchev–Trinajstić information content (AvgIpc) is 3.35. The van der Waals surface area contributed by atoms with E-state index in [0.29, 0.717) is 0 Å². The second-order valence-electron chi connectivity index (χ2n) is 16.4. The predicted molar refractivity (Wildman–Crippen MR) is 262 cm³/mol. The van der Waals surface area contributed by atoms with Crippen LogP contribution in [-0.4, -0.2) is 0 Å². The van der Waals surface area contributed by atoms with Gasteiger partial charge in [-0.05, 0) is 124 Å². The van der Waals surface area contributed by atoms with Gasteiger partial charge < -0.3 is 4.90 Å². The molecule has 0 fully saturated rings. The van der Waals surface area contributed by atoms with Gasteiger partial charge in [0, 0.05) is 17.1 Å². The molecular formula is C61H41N. The van der Waals surface area contributed by atoms with Gasteiger partial charge in [0.2, 0.25) is 0 Å². The van der Waals surface area contributed by atoms with Crippen molar-refractivity contribution in [1.82, 2.24) is 0 Å². The molecule has 0 N–H and O–H groups in total. The lowest BCUT2D eigenvalue weighted by Gasteiger charge is -2.42. The van der Waals surface area contributed by atoms with Crippen LogP contribution in [0.4, 0.5) is 17.1 Å². The van der Waals surface area contributed by atoms with Crippen molar-refractivity contribution < 1.29 is 0 Å². The first-order chi connectivity index (χ1) is 30.8. The molecule has 0 saturated carbocycles. The molecule has 1 aliphatic carbocycles. The van der Waals surface area contributed by atoms with E-state index in [-0.39, 0.29) is 0 Å². The fourth-order valence-electron chi connectivity index (χ4n) is 10.4. The lowest BCUT2D eigenvalue weighted by Crippen LogP contribution is -2.33. The third kappa shape index (κ3) is 5.63. The molecular weight excluding hydrogens is 747 g/mol. The topological polar surface area (TPSA) is 3.24 Å². The zero-order valence-corrected chi connectivity index (χ0v) is 34.1. The van der Waals surface area contributed by atoms with Crippen molar-refractivity contribution in [3.05, 3.63) is 271 Å². The van der Waals surface area contributed by atoms with E-state index in [4.69, 9.17) is 0 Å². The average molecular weight is 788 g/mol. The van der Waals surface area contributed by atoms with Crippen LogP contribution in [0.5, 0.6) is 0 Å². The third-order valence-corrected chi connectivity index (χ3v) is 13.1. The Morgan fingerprint density at radius 3 is 1.26 bits per heavy atom. The normalized spacial score (nSPS) is 14.2. The lowest BCUT2D eigenvalue weighted by atomic mass is 9.59. The largest absolute Gasteiger partial charge is 0.311 e. The van der Waals surface area contributed by atoms with Crippen LogP contribution in [0, 0.1) is 0 Å². The van der Waals surface area contributed by atoms with E-state index in [1.165, 1.54) is 88.0 Å². The molecule has 1 unspecified atom stereocenters. The highest BCUT2D eigenvalue weighted by Crippen LogP contribution is 2.55. The van der Waals surface area contributed by atoms with E-state index in [0.717, 1.165) is 17.1 Å². The Kier molecular flexibility index (Phi) is 8.47. The van der Waals surface area contributed by atoms with Gasteiger partial charge in [0.1, 0.15) is 0 Å². The first-order valence-corrected chi connectivity index (χ1v) is 21.5. The molecule has 0 radical (unpaired) electrons. The van der Waals surface area contributed by atoms with Crippen molar-refractivity contribution in [2.45, 2.75) is 5.41 Å². The van der Waals surface area contributed by atoms with Gasteiger partial charge in [0.25, 0.3) is 0 Å². The zero-order valence-electron chi connectivity index (χ0n) is 34.1. The summed E-state index contributed by atoms with van der Waals surface area (Å²) in [6, 6.07) is 91.6. The standard InChI is InChI=1S/C61H41N/c1-2-20-47(21-3-1)61(58-28-9-8-24-56(58)57-27-12-18-46-19-13-29-59(61)60(46)57)48-34-40-51(41-35-48)62(49-36-30-44(31-37-49)54-25-10-16-42-14-4-6-22-52(42)54)50-38-32-45(33-39-50)55-26-11-17-43-15-5-7-23-53(43)55/h1-41H. The molecule has 11 aromatic carbocycles. The Morgan fingerprint density at radius 2 is 0.661 bits per heavy atom. The van der Waals surface area contributed by atoms with Crippen LogP contribution in [0.1, 0.15) is 22.3 Å². The summed E-state index contributed by atoms with van der Waals surface area (Å²) in [4.78, 5) is 2.39. The number of hydrogen-bond acceptors (Lipinski definition) is 1. The molecule has 62 heavy (non-hydrogen) atoms. The summed E-state index contributed by atoms with van der Waals surface area (Å²) in [5.41, 5.74) is 15.3. The van der Waals surface area contributed by atoms with E-state index in [9.17, 15) is 0 Å². The van der Waals surface area contributed by atoms with E-state index in [1.807, 2.05) is 0 Å². The highest BCUT2D eigenvalue weighted by atomic mass is 15.1. The molecule has 0 bridgehead atoms. The number of nitrogens with zero attached hydrogens (tertiary/aromatic N) is 1. The van der Waals surface area contributed by atoms with Gasteiger partial charge in [-0.3, -0.25) is 0 Å². The molecule has 0 heterocycles. The van der Waals surface area contributed by atoms with Gasteiger partial charge in [0.15, 0.2) is 0 Å². The van der Waals surface area contributed by atoms with Crippen molar-refractivity contribution in [2.24, 2.45) is 0 Å².